The van der Waals surface area contributed by atoms with Crippen LogP contribution in [0.2, 0.25) is 0 Å². The smallest absolute Gasteiger partial charge is 0.352 e. The summed E-state index contributed by atoms with van der Waals surface area (Å²) >= 11 is 0. The number of rotatable bonds is 3. The Morgan fingerprint density at radius 2 is 2.32 bits per heavy atom. The van der Waals surface area contributed by atoms with E-state index in [1.807, 2.05) is 13.0 Å². The Bertz CT molecular complexity index is 637. The second-order valence-corrected chi connectivity index (χ2v) is 5.63. The predicted molar refractivity (Wildman–Crippen MR) is 70.0 cm³/mol. The molecule has 3 rings (SSSR count). The largest absolute Gasteiger partial charge is 0.477 e. The van der Waals surface area contributed by atoms with Crippen molar-refractivity contribution in [2.45, 2.75) is 31.9 Å². The first-order valence-electron chi connectivity index (χ1n) is 6.36. The Kier molecular flexibility index (Phi) is 2.60. The summed E-state index contributed by atoms with van der Waals surface area (Å²) in [5, 5.41) is 19.9. The fourth-order valence-corrected chi connectivity index (χ4v) is 3.02. The average molecular weight is 260 g/mol. The molecule has 0 bridgehead atoms. The molecule has 2 aromatic heterocycles. The molecule has 5 nitrogen and oxygen atoms in total. The number of hydrogen-bond acceptors (Lipinski definition) is 3. The van der Waals surface area contributed by atoms with Gasteiger partial charge in [0.2, 0.25) is 0 Å². The van der Waals surface area contributed by atoms with Crippen LogP contribution in [0.3, 0.4) is 0 Å². The van der Waals surface area contributed by atoms with Crippen LogP contribution >= 0.6 is 0 Å². The Morgan fingerprint density at radius 1 is 1.58 bits per heavy atom. The van der Waals surface area contributed by atoms with E-state index < -0.39 is 11.6 Å². The average Bonchev–Trinajstić information content (AvgIpc) is 2.66. The molecule has 2 aromatic rings. The SMILES string of the molecule is CC1(O)CC(Cn2c(C(=O)O)cc3cccnc32)C1. The van der Waals surface area contributed by atoms with Gasteiger partial charge >= 0.3 is 5.97 Å². The molecule has 0 atom stereocenters. The van der Waals surface area contributed by atoms with Gasteiger partial charge in [-0.15, -0.1) is 0 Å². The topological polar surface area (TPSA) is 75.4 Å². The van der Waals surface area contributed by atoms with E-state index in [-0.39, 0.29) is 5.69 Å². The van der Waals surface area contributed by atoms with Gasteiger partial charge in [0.05, 0.1) is 5.60 Å². The summed E-state index contributed by atoms with van der Waals surface area (Å²) in [6, 6.07) is 5.32. The summed E-state index contributed by atoms with van der Waals surface area (Å²) in [7, 11) is 0. The summed E-state index contributed by atoms with van der Waals surface area (Å²) < 4.78 is 1.75. The van der Waals surface area contributed by atoms with E-state index in [1.54, 1.807) is 22.9 Å². The molecule has 19 heavy (non-hydrogen) atoms. The Morgan fingerprint density at radius 3 is 2.95 bits per heavy atom. The van der Waals surface area contributed by atoms with E-state index in [1.165, 1.54) is 0 Å². The number of carboxylic acid groups (broad SMARTS) is 1. The second-order valence-electron chi connectivity index (χ2n) is 5.63. The monoisotopic (exact) mass is 260 g/mol. The zero-order chi connectivity index (χ0) is 13.6. The zero-order valence-electron chi connectivity index (χ0n) is 10.7. The molecule has 5 heteroatoms. The van der Waals surface area contributed by atoms with Crippen molar-refractivity contribution >= 4 is 17.0 Å². The van der Waals surface area contributed by atoms with Crippen LogP contribution in [0.5, 0.6) is 0 Å². The molecule has 2 N–H and O–H groups in total. The van der Waals surface area contributed by atoms with Crippen LogP contribution < -0.4 is 0 Å². The number of fused-ring (bicyclic) bond motifs is 1. The van der Waals surface area contributed by atoms with Gasteiger partial charge in [-0.3, -0.25) is 0 Å². The van der Waals surface area contributed by atoms with Crippen molar-refractivity contribution in [3.05, 3.63) is 30.1 Å². The van der Waals surface area contributed by atoms with E-state index in [2.05, 4.69) is 4.98 Å². The molecular formula is C14H16N2O3. The third kappa shape index (κ3) is 2.10. The summed E-state index contributed by atoms with van der Waals surface area (Å²) in [4.78, 5) is 15.6. The molecular weight excluding hydrogens is 244 g/mol. The first-order valence-corrected chi connectivity index (χ1v) is 6.36. The number of aromatic carboxylic acids is 1. The molecule has 1 fully saturated rings. The number of aliphatic hydroxyl groups is 1. The van der Waals surface area contributed by atoms with Gasteiger partial charge in [0, 0.05) is 18.1 Å². The Hall–Kier alpha value is -1.88. The van der Waals surface area contributed by atoms with Gasteiger partial charge in [0.15, 0.2) is 0 Å². The molecule has 0 saturated heterocycles. The highest BCUT2D eigenvalue weighted by molar-refractivity contribution is 5.93. The van der Waals surface area contributed by atoms with Crippen LogP contribution in [-0.2, 0) is 6.54 Å². The van der Waals surface area contributed by atoms with E-state index in [0.717, 1.165) is 5.39 Å². The standard InChI is InChI=1S/C14H16N2O3/c1-14(19)6-9(7-14)8-16-11(13(17)18)5-10-3-2-4-15-12(10)16/h2-5,9,19H,6-8H2,1H3,(H,17,18). The minimum atomic E-state index is -0.941. The van der Waals surface area contributed by atoms with Gasteiger partial charge < -0.3 is 14.8 Å². The van der Waals surface area contributed by atoms with E-state index in [4.69, 9.17) is 0 Å². The number of nitrogens with zero attached hydrogens (tertiary/aromatic N) is 2. The van der Waals surface area contributed by atoms with Crippen LogP contribution in [0.15, 0.2) is 24.4 Å². The molecule has 0 aliphatic heterocycles. The highest BCUT2D eigenvalue weighted by Gasteiger charge is 2.38. The van der Waals surface area contributed by atoms with E-state index in [9.17, 15) is 15.0 Å². The summed E-state index contributed by atoms with van der Waals surface area (Å²) in [6.45, 7) is 2.41. The molecule has 0 spiro atoms. The van der Waals surface area contributed by atoms with Gasteiger partial charge in [-0.1, -0.05) is 0 Å². The lowest BCUT2D eigenvalue weighted by molar-refractivity contribution is -0.0616. The summed E-state index contributed by atoms with van der Waals surface area (Å²) in [5.74, 6) is -0.630. The normalized spacial score (nSPS) is 26.3. The van der Waals surface area contributed by atoms with Crippen molar-refractivity contribution in [3.63, 3.8) is 0 Å². The maximum absolute atomic E-state index is 11.3. The van der Waals surface area contributed by atoms with Crippen LogP contribution in [0.4, 0.5) is 0 Å². The molecule has 0 aromatic carbocycles. The first-order chi connectivity index (χ1) is 8.96. The molecule has 0 amide bonds. The number of carboxylic acids is 1. The molecule has 1 saturated carbocycles. The highest BCUT2D eigenvalue weighted by atomic mass is 16.4. The van der Waals surface area contributed by atoms with Gasteiger partial charge in [-0.2, -0.15) is 0 Å². The van der Waals surface area contributed by atoms with Gasteiger partial charge in [-0.05, 0) is 43.9 Å². The molecule has 2 heterocycles. The molecule has 0 unspecified atom stereocenters. The van der Waals surface area contributed by atoms with E-state index >= 15 is 0 Å². The third-order valence-corrected chi connectivity index (χ3v) is 3.77. The number of aromatic nitrogens is 2. The zero-order valence-corrected chi connectivity index (χ0v) is 10.7. The fourth-order valence-electron chi connectivity index (χ4n) is 3.02. The minimum Gasteiger partial charge on any atom is -0.477 e. The van der Waals surface area contributed by atoms with Crippen molar-refractivity contribution in [1.29, 1.82) is 0 Å². The Balaban J connectivity index is 1.97. The highest BCUT2D eigenvalue weighted by Crippen LogP contribution is 2.39. The minimum absolute atomic E-state index is 0.264. The molecule has 0 radical (unpaired) electrons. The van der Waals surface area contributed by atoms with E-state index in [0.29, 0.717) is 31.0 Å². The summed E-state index contributed by atoms with van der Waals surface area (Å²) in [6.07, 6.45) is 3.08. The second kappa shape index (κ2) is 4.06. The van der Waals surface area contributed by atoms with Gasteiger partial charge in [0.1, 0.15) is 11.3 Å². The van der Waals surface area contributed by atoms with Crippen molar-refractivity contribution in [3.8, 4) is 0 Å². The van der Waals surface area contributed by atoms with Crippen molar-refractivity contribution < 1.29 is 15.0 Å². The lowest BCUT2D eigenvalue weighted by Gasteiger charge is -2.41. The predicted octanol–water partition coefficient (Wildman–Crippen LogP) is 1.90. The molecule has 100 valence electrons. The first kappa shape index (κ1) is 12.2. The van der Waals surface area contributed by atoms with Crippen LogP contribution in [0.1, 0.15) is 30.3 Å². The lowest BCUT2D eigenvalue weighted by atomic mass is 9.72. The van der Waals surface area contributed by atoms with Gasteiger partial charge in [0.25, 0.3) is 0 Å². The maximum Gasteiger partial charge on any atom is 0.352 e. The van der Waals surface area contributed by atoms with Crippen molar-refractivity contribution in [2.24, 2.45) is 5.92 Å². The van der Waals surface area contributed by atoms with Crippen LogP contribution in [0, 0.1) is 5.92 Å². The Labute approximate surface area is 110 Å². The number of pyridine rings is 1. The lowest BCUT2D eigenvalue weighted by Crippen LogP contribution is -2.42. The number of hydrogen-bond donors (Lipinski definition) is 2. The van der Waals surface area contributed by atoms with Crippen molar-refractivity contribution in [1.82, 2.24) is 9.55 Å². The third-order valence-electron chi connectivity index (χ3n) is 3.77. The molecule has 1 aliphatic carbocycles. The number of carbonyl (C=O) groups is 1. The quantitative estimate of drug-likeness (QED) is 0.883. The summed E-state index contributed by atoms with van der Waals surface area (Å²) in [5.41, 5.74) is 0.372. The van der Waals surface area contributed by atoms with Crippen molar-refractivity contribution in [2.75, 3.05) is 0 Å². The maximum atomic E-state index is 11.3. The van der Waals surface area contributed by atoms with Crippen LogP contribution in [-0.4, -0.2) is 31.3 Å². The van der Waals surface area contributed by atoms with Crippen LogP contribution in [0.25, 0.3) is 11.0 Å². The van der Waals surface area contributed by atoms with Gasteiger partial charge in [-0.25, -0.2) is 9.78 Å². The fraction of sp³-hybridized carbons (Fsp3) is 0.429. The molecule has 1 aliphatic rings.